The molecule has 5 rings (SSSR count). The van der Waals surface area contributed by atoms with Crippen molar-refractivity contribution in [3.63, 3.8) is 0 Å². The molecule has 114 valence electrons. The van der Waals surface area contributed by atoms with Crippen molar-refractivity contribution in [2.45, 2.75) is 45.1 Å². The molecule has 0 spiro atoms. The van der Waals surface area contributed by atoms with Crippen molar-refractivity contribution < 1.29 is 13.9 Å². The molecular weight excluding hydrogens is 270 g/mol. The first-order chi connectivity index (χ1) is 10.0. The Morgan fingerprint density at radius 2 is 1.52 bits per heavy atom. The zero-order chi connectivity index (χ0) is 14.7. The van der Waals surface area contributed by atoms with Crippen molar-refractivity contribution in [3.8, 4) is 0 Å². The quantitative estimate of drug-likeness (QED) is 0.857. The number of aliphatic hydroxyl groups excluding tert-OH is 1. The van der Waals surface area contributed by atoms with Gasteiger partial charge in [-0.1, -0.05) is 0 Å². The van der Waals surface area contributed by atoms with E-state index in [1.807, 2.05) is 0 Å². The average molecular weight is 292 g/mol. The molecule has 4 fully saturated rings. The number of aliphatic hydroxyl groups is 1. The van der Waals surface area contributed by atoms with E-state index in [0.717, 1.165) is 11.8 Å². The zero-order valence-corrected chi connectivity index (χ0v) is 12.4. The van der Waals surface area contributed by atoms with Crippen molar-refractivity contribution in [2.75, 3.05) is 0 Å². The summed E-state index contributed by atoms with van der Waals surface area (Å²) in [7, 11) is 0. The van der Waals surface area contributed by atoms with Gasteiger partial charge in [-0.05, 0) is 86.3 Å². The van der Waals surface area contributed by atoms with Crippen molar-refractivity contribution in [1.29, 1.82) is 0 Å². The third-order valence-electron chi connectivity index (χ3n) is 6.26. The standard InChI is InChI=1S/C18H22F2O/c1-9-2-16(20)14(8-15(9)19)18(21)17-12-4-10-3-11(6-12)7-13(17)5-10/h2,8,10-13,17-18,21H,3-7H2,1H3. The third-order valence-corrected chi connectivity index (χ3v) is 6.26. The molecule has 1 nitrogen and oxygen atoms in total. The molecule has 0 aromatic heterocycles. The normalized spacial score (nSPS) is 38.8. The lowest BCUT2D eigenvalue weighted by Crippen LogP contribution is -2.47. The van der Waals surface area contributed by atoms with Crippen LogP contribution in [0.4, 0.5) is 8.78 Å². The van der Waals surface area contributed by atoms with Crippen LogP contribution in [0.25, 0.3) is 0 Å². The second-order valence-electron chi connectivity index (χ2n) is 7.58. The highest BCUT2D eigenvalue weighted by Gasteiger charge is 2.50. The highest BCUT2D eigenvalue weighted by Crippen LogP contribution is 2.59. The van der Waals surface area contributed by atoms with Gasteiger partial charge in [0.1, 0.15) is 11.6 Å². The van der Waals surface area contributed by atoms with E-state index in [-0.39, 0.29) is 11.5 Å². The summed E-state index contributed by atoms with van der Waals surface area (Å²) in [6, 6.07) is 2.42. The van der Waals surface area contributed by atoms with E-state index in [4.69, 9.17) is 0 Å². The minimum atomic E-state index is -0.852. The fourth-order valence-electron chi connectivity index (χ4n) is 5.58. The number of rotatable bonds is 2. The maximum Gasteiger partial charge on any atom is 0.129 e. The van der Waals surface area contributed by atoms with Gasteiger partial charge in [0.2, 0.25) is 0 Å². The summed E-state index contributed by atoms with van der Waals surface area (Å²) in [5.74, 6) is 1.87. The van der Waals surface area contributed by atoms with Gasteiger partial charge in [-0.25, -0.2) is 8.78 Å². The molecule has 4 bridgehead atoms. The number of hydrogen-bond donors (Lipinski definition) is 1. The number of benzene rings is 1. The predicted octanol–water partition coefficient (Wildman–Crippen LogP) is 4.38. The van der Waals surface area contributed by atoms with E-state index in [9.17, 15) is 13.9 Å². The van der Waals surface area contributed by atoms with Crippen LogP contribution in [-0.2, 0) is 0 Å². The van der Waals surface area contributed by atoms with Crippen molar-refractivity contribution in [2.24, 2.45) is 29.6 Å². The van der Waals surface area contributed by atoms with Crippen LogP contribution >= 0.6 is 0 Å². The molecule has 1 aromatic rings. The Morgan fingerprint density at radius 1 is 0.952 bits per heavy atom. The minimum Gasteiger partial charge on any atom is -0.388 e. The van der Waals surface area contributed by atoms with Crippen LogP contribution < -0.4 is 0 Å². The van der Waals surface area contributed by atoms with Crippen LogP contribution in [-0.4, -0.2) is 5.11 Å². The molecule has 0 radical (unpaired) electrons. The van der Waals surface area contributed by atoms with Crippen LogP contribution in [0, 0.1) is 48.1 Å². The van der Waals surface area contributed by atoms with Crippen LogP contribution in [0.5, 0.6) is 0 Å². The maximum atomic E-state index is 14.2. The lowest BCUT2D eigenvalue weighted by molar-refractivity contribution is -0.0916. The molecule has 1 atom stereocenters. The van der Waals surface area contributed by atoms with Gasteiger partial charge >= 0.3 is 0 Å². The first-order valence-electron chi connectivity index (χ1n) is 8.16. The van der Waals surface area contributed by atoms with Crippen LogP contribution in [0.1, 0.15) is 49.3 Å². The minimum absolute atomic E-state index is 0.120. The topological polar surface area (TPSA) is 20.2 Å². The van der Waals surface area contributed by atoms with Gasteiger partial charge in [0.15, 0.2) is 0 Å². The summed E-state index contributed by atoms with van der Waals surface area (Å²) in [4.78, 5) is 0. The van der Waals surface area contributed by atoms with E-state index in [1.165, 1.54) is 44.2 Å². The van der Waals surface area contributed by atoms with Gasteiger partial charge < -0.3 is 5.11 Å². The Balaban J connectivity index is 1.66. The lowest BCUT2D eigenvalue weighted by atomic mass is 9.50. The largest absolute Gasteiger partial charge is 0.388 e. The summed E-state index contributed by atoms with van der Waals surface area (Å²) in [5, 5.41) is 10.7. The molecule has 0 saturated heterocycles. The van der Waals surface area contributed by atoms with Crippen molar-refractivity contribution in [1.82, 2.24) is 0 Å². The summed E-state index contributed by atoms with van der Waals surface area (Å²) >= 11 is 0. The Kier molecular flexibility index (Phi) is 3.11. The van der Waals surface area contributed by atoms with Crippen LogP contribution in [0.3, 0.4) is 0 Å². The molecule has 1 N–H and O–H groups in total. The molecule has 3 heteroatoms. The Hall–Kier alpha value is -0.960. The van der Waals surface area contributed by atoms with Gasteiger partial charge in [0.05, 0.1) is 6.10 Å². The molecule has 4 aliphatic carbocycles. The predicted molar refractivity (Wildman–Crippen MR) is 76.6 cm³/mol. The molecule has 4 aliphatic rings. The molecule has 1 unspecified atom stereocenters. The summed E-state index contributed by atoms with van der Waals surface area (Å²) in [6.45, 7) is 1.55. The van der Waals surface area contributed by atoms with E-state index < -0.39 is 17.7 Å². The highest BCUT2D eigenvalue weighted by atomic mass is 19.1. The second-order valence-corrected chi connectivity index (χ2v) is 7.58. The number of halogens is 2. The first kappa shape index (κ1) is 13.7. The molecule has 0 aliphatic heterocycles. The first-order valence-corrected chi connectivity index (χ1v) is 8.16. The fraction of sp³-hybridized carbons (Fsp3) is 0.667. The van der Waals surface area contributed by atoms with Gasteiger partial charge in [-0.15, -0.1) is 0 Å². The number of hydrogen-bond acceptors (Lipinski definition) is 1. The van der Waals surface area contributed by atoms with E-state index >= 15 is 0 Å². The van der Waals surface area contributed by atoms with Gasteiger partial charge in [0, 0.05) is 5.56 Å². The summed E-state index contributed by atoms with van der Waals surface area (Å²) in [6.07, 6.45) is 5.18. The van der Waals surface area contributed by atoms with Crippen LogP contribution in [0.2, 0.25) is 0 Å². The van der Waals surface area contributed by atoms with E-state index in [1.54, 1.807) is 6.92 Å². The van der Waals surface area contributed by atoms with Crippen LogP contribution in [0.15, 0.2) is 12.1 Å². The Labute approximate surface area is 124 Å². The summed E-state index contributed by atoms with van der Waals surface area (Å²) < 4.78 is 27.9. The summed E-state index contributed by atoms with van der Waals surface area (Å²) in [5.41, 5.74) is 0.462. The lowest BCUT2D eigenvalue weighted by Gasteiger charge is -2.55. The van der Waals surface area contributed by atoms with E-state index in [0.29, 0.717) is 17.4 Å². The third kappa shape index (κ3) is 2.12. The maximum absolute atomic E-state index is 14.2. The van der Waals surface area contributed by atoms with Gasteiger partial charge in [-0.2, -0.15) is 0 Å². The average Bonchev–Trinajstić information content (AvgIpc) is 2.41. The number of aryl methyl sites for hydroxylation is 1. The smallest absolute Gasteiger partial charge is 0.129 e. The Bertz CT molecular complexity index is 541. The monoisotopic (exact) mass is 292 g/mol. The van der Waals surface area contributed by atoms with Crippen molar-refractivity contribution >= 4 is 0 Å². The molecule has 21 heavy (non-hydrogen) atoms. The fourth-order valence-corrected chi connectivity index (χ4v) is 5.58. The molecule has 0 amide bonds. The van der Waals surface area contributed by atoms with Gasteiger partial charge in [0.25, 0.3) is 0 Å². The Morgan fingerprint density at radius 3 is 2.10 bits per heavy atom. The van der Waals surface area contributed by atoms with E-state index in [2.05, 4.69) is 0 Å². The molecular formula is C18H22F2O. The van der Waals surface area contributed by atoms with Gasteiger partial charge in [-0.3, -0.25) is 0 Å². The molecule has 0 heterocycles. The zero-order valence-electron chi connectivity index (χ0n) is 12.4. The second kappa shape index (κ2) is 4.77. The SMILES string of the molecule is Cc1cc(F)c(C(O)C2C3CC4CC(C3)CC2C4)cc1F. The van der Waals surface area contributed by atoms with Crippen molar-refractivity contribution in [3.05, 3.63) is 34.9 Å². The highest BCUT2D eigenvalue weighted by molar-refractivity contribution is 5.28. The molecule has 4 saturated carbocycles. The molecule has 1 aromatic carbocycles.